The lowest BCUT2D eigenvalue weighted by Crippen LogP contribution is -1.97. The highest BCUT2D eigenvalue weighted by Crippen LogP contribution is 2.06. The highest BCUT2D eigenvalue weighted by molar-refractivity contribution is 7.11. The Morgan fingerprint density at radius 3 is 2.52 bits per heavy atom. The minimum Gasteiger partial charge on any atom is -0.477 e. The summed E-state index contributed by atoms with van der Waals surface area (Å²) in [5, 5.41) is 10.0. The van der Waals surface area contributed by atoms with Gasteiger partial charge in [-0.05, 0) is 23.4 Å². The van der Waals surface area contributed by atoms with E-state index in [1.165, 1.54) is 16.9 Å². The van der Waals surface area contributed by atoms with E-state index in [2.05, 4.69) is 33.8 Å². The van der Waals surface area contributed by atoms with Gasteiger partial charge in [-0.2, -0.15) is 0 Å². The first kappa shape index (κ1) is 15.0. The molecular weight excluding hydrogens is 284 g/mol. The molecule has 0 aliphatic carbocycles. The number of imidazole rings is 1. The van der Waals surface area contributed by atoms with Crippen LogP contribution in [-0.2, 0) is 13.0 Å². The maximum atomic E-state index is 10.1. The van der Waals surface area contributed by atoms with Crippen molar-refractivity contribution >= 4 is 17.3 Å². The number of rotatable bonds is 4. The summed E-state index contributed by atoms with van der Waals surface area (Å²) in [5.41, 5.74) is 1.37. The number of benzene rings is 1. The second-order valence-corrected chi connectivity index (χ2v) is 5.27. The van der Waals surface area contributed by atoms with Crippen molar-refractivity contribution in [1.82, 2.24) is 9.55 Å². The van der Waals surface area contributed by atoms with Crippen molar-refractivity contribution in [3.63, 3.8) is 0 Å². The summed E-state index contributed by atoms with van der Waals surface area (Å²) >= 11 is 1.23. The molecule has 108 valence electrons. The zero-order valence-corrected chi connectivity index (χ0v) is 12.2. The summed E-state index contributed by atoms with van der Waals surface area (Å²) < 4.78 is 2.09. The Labute approximate surface area is 127 Å². The third kappa shape index (κ3) is 5.24. The summed E-state index contributed by atoms with van der Waals surface area (Å²) in [5.74, 6) is -0.847. The number of carboxylic acid groups (broad SMARTS) is 1. The molecule has 2 aromatic heterocycles. The molecule has 5 heteroatoms. The first-order valence-corrected chi connectivity index (χ1v) is 7.40. The smallest absolute Gasteiger partial charge is 0.345 e. The topological polar surface area (TPSA) is 55.1 Å². The van der Waals surface area contributed by atoms with E-state index in [0.29, 0.717) is 4.88 Å². The molecule has 1 N–H and O–H groups in total. The molecule has 0 unspecified atom stereocenters. The van der Waals surface area contributed by atoms with Crippen LogP contribution in [0.3, 0.4) is 0 Å². The van der Waals surface area contributed by atoms with Gasteiger partial charge < -0.3 is 9.67 Å². The number of nitrogens with zero attached hydrogens (tertiary/aromatic N) is 2. The van der Waals surface area contributed by atoms with Gasteiger partial charge in [0.25, 0.3) is 0 Å². The average Bonchev–Trinajstić information content (AvgIpc) is 3.20. The summed E-state index contributed by atoms with van der Waals surface area (Å²) in [6, 6.07) is 13.8. The standard InChI is InChI=1S/C11H12N2.C5H4O2S/c1-2-4-11(5-3-1)6-8-13-9-7-12-10-13;6-5(7)4-2-1-3-8-4/h1-5,7,9-10H,6,8H2;1-3H,(H,6,7). The zero-order valence-electron chi connectivity index (χ0n) is 11.4. The summed E-state index contributed by atoms with van der Waals surface area (Å²) in [6.07, 6.45) is 6.72. The SMILES string of the molecule is O=C(O)c1cccs1.c1ccc(CCn2ccnc2)cc1. The molecule has 0 radical (unpaired) electrons. The summed E-state index contributed by atoms with van der Waals surface area (Å²) in [4.78, 5) is 14.5. The van der Waals surface area contributed by atoms with Crippen molar-refractivity contribution in [2.75, 3.05) is 0 Å². The summed E-state index contributed by atoms with van der Waals surface area (Å²) in [6.45, 7) is 1.00. The number of aryl methyl sites for hydroxylation is 2. The molecule has 0 fully saturated rings. The number of carboxylic acids is 1. The fourth-order valence-corrected chi connectivity index (χ4v) is 2.28. The molecule has 3 aromatic rings. The van der Waals surface area contributed by atoms with Crippen LogP contribution >= 0.6 is 11.3 Å². The first-order valence-electron chi connectivity index (χ1n) is 6.52. The van der Waals surface area contributed by atoms with Crippen molar-refractivity contribution in [1.29, 1.82) is 0 Å². The molecule has 0 atom stereocenters. The normalized spacial score (nSPS) is 9.71. The van der Waals surface area contributed by atoms with Crippen LogP contribution in [0, 0.1) is 0 Å². The Morgan fingerprint density at radius 1 is 1.19 bits per heavy atom. The molecule has 4 nitrogen and oxygen atoms in total. The molecule has 0 amide bonds. The van der Waals surface area contributed by atoms with Gasteiger partial charge in [0.1, 0.15) is 4.88 Å². The molecule has 2 heterocycles. The van der Waals surface area contributed by atoms with E-state index in [1.54, 1.807) is 17.5 Å². The second-order valence-electron chi connectivity index (χ2n) is 4.32. The van der Waals surface area contributed by atoms with E-state index in [4.69, 9.17) is 5.11 Å². The number of carbonyl (C=O) groups is 1. The van der Waals surface area contributed by atoms with Crippen LogP contribution in [-0.4, -0.2) is 20.6 Å². The van der Waals surface area contributed by atoms with Crippen molar-refractivity contribution in [3.8, 4) is 0 Å². The van der Waals surface area contributed by atoms with Gasteiger partial charge in [0, 0.05) is 18.9 Å². The molecule has 0 saturated carbocycles. The fourth-order valence-electron chi connectivity index (χ4n) is 1.72. The van der Waals surface area contributed by atoms with Gasteiger partial charge in [-0.15, -0.1) is 11.3 Å². The molecule has 0 spiro atoms. The number of hydrogen-bond donors (Lipinski definition) is 1. The minimum atomic E-state index is -0.847. The molecule has 1 aromatic carbocycles. The molecular formula is C16H16N2O2S. The maximum Gasteiger partial charge on any atom is 0.345 e. The van der Waals surface area contributed by atoms with E-state index < -0.39 is 5.97 Å². The number of aromatic nitrogens is 2. The molecule has 0 saturated heterocycles. The third-order valence-electron chi connectivity index (χ3n) is 2.79. The Hall–Kier alpha value is -2.40. The van der Waals surface area contributed by atoms with Crippen LogP contribution in [0.2, 0.25) is 0 Å². The van der Waals surface area contributed by atoms with E-state index in [1.807, 2.05) is 24.8 Å². The number of thiophene rings is 1. The van der Waals surface area contributed by atoms with Crippen LogP contribution < -0.4 is 0 Å². The van der Waals surface area contributed by atoms with E-state index in [9.17, 15) is 4.79 Å². The molecule has 0 aliphatic heterocycles. The molecule has 0 bridgehead atoms. The monoisotopic (exact) mass is 300 g/mol. The molecule has 3 rings (SSSR count). The van der Waals surface area contributed by atoms with Crippen molar-refractivity contribution in [3.05, 3.63) is 77.0 Å². The Bertz CT molecular complexity index is 634. The van der Waals surface area contributed by atoms with Crippen molar-refractivity contribution in [2.24, 2.45) is 0 Å². The van der Waals surface area contributed by atoms with Gasteiger partial charge in [-0.25, -0.2) is 9.78 Å². The second kappa shape index (κ2) is 8.01. The van der Waals surface area contributed by atoms with E-state index in [0.717, 1.165) is 13.0 Å². The largest absolute Gasteiger partial charge is 0.477 e. The minimum absolute atomic E-state index is 0.394. The molecule has 0 aliphatic rings. The van der Waals surface area contributed by atoms with Crippen molar-refractivity contribution < 1.29 is 9.90 Å². The highest BCUT2D eigenvalue weighted by Gasteiger charge is 1.99. The Balaban J connectivity index is 0.000000173. The van der Waals surface area contributed by atoms with E-state index in [-0.39, 0.29) is 0 Å². The third-order valence-corrected chi connectivity index (χ3v) is 3.65. The lowest BCUT2D eigenvalue weighted by molar-refractivity contribution is 0.0702. The van der Waals surface area contributed by atoms with Crippen LogP contribution in [0.15, 0.2) is 66.6 Å². The van der Waals surface area contributed by atoms with Gasteiger partial charge in [0.05, 0.1) is 6.33 Å². The molecule has 21 heavy (non-hydrogen) atoms. The first-order chi connectivity index (χ1) is 10.3. The van der Waals surface area contributed by atoms with Gasteiger partial charge in [0.2, 0.25) is 0 Å². The maximum absolute atomic E-state index is 10.1. The Kier molecular flexibility index (Phi) is 5.72. The average molecular weight is 300 g/mol. The Morgan fingerprint density at radius 2 is 2.00 bits per heavy atom. The van der Waals surface area contributed by atoms with Crippen LogP contribution in [0.25, 0.3) is 0 Å². The van der Waals surface area contributed by atoms with Crippen LogP contribution in [0.4, 0.5) is 0 Å². The zero-order chi connectivity index (χ0) is 14.9. The van der Waals surface area contributed by atoms with Gasteiger partial charge in [-0.1, -0.05) is 36.4 Å². The van der Waals surface area contributed by atoms with Gasteiger partial charge in [0.15, 0.2) is 0 Å². The lowest BCUT2D eigenvalue weighted by Gasteiger charge is -2.01. The van der Waals surface area contributed by atoms with Crippen molar-refractivity contribution in [2.45, 2.75) is 13.0 Å². The van der Waals surface area contributed by atoms with Crippen LogP contribution in [0.1, 0.15) is 15.2 Å². The number of aromatic carboxylic acids is 1. The quantitative estimate of drug-likeness (QED) is 0.801. The van der Waals surface area contributed by atoms with Gasteiger partial charge >= 0.3 is 5.97 Å². The highest BCUT2D eigenvalue weighted by atomic mass is 32.1. The predicted octanol–water partition coefficient (Wildman–Crippen LogP) is 3.57. The van der Waals surface area contributed by atoms with Gasteiger partial charge in [-0.3, -0.25) is 0 Å². The van der Waals surface area contributed by atoms with E-state index >= 15 is 0 Å². The predicted molar refractivity (Wildman–Crippen MR) is 83.7 cm³/mol. The summed E-state index contributed by atoms with van der Waals surface area (Å²) in [7, 11) is 0. The lowest BCUT2D eigenvalue weighted by atomic mass is 10.1. The number of hydrogen-bond acceptors (Lipinski definition) is 3. The fraction of sp³-hybridized carbons (Fsp3) is 0.125. The van der Waals surface area contributed by atoms with Crippen LogP contribution in [0.5, 0.6) is 0 Å².